The Morgan fingerprint density at radius 3 is 2.64 bits per heavy atom. The lowest BCUT2D eigenvalue weighted by Gasteiger charge is -2.30. The highest BCUT2D eigenvalue weighted by Gasteiger charge is 2.16. The number of hydrogen-bond acceptors (Lipinski definition) is 5. The highest BCUT2D eigenvalue weighted by molar-refractivity contribution is 6.00. The molecule has 0 bridgehead atoms. The van der Waals surface area contributed by atoms with Crippen molar-refractivity contribution in [3.63, 3.8) is 0 Å². The molecule has 1 heterocycles. The van der Waals surface area contributed by atoms with E-state index in [0.29, 0.717) is 18.8 Å². The monoisotopic (exact) mass is 384 g/mol. The molecule has 0 unspecified atom stereocenters. The number of hydrogen-bond donors (Lipinski definition) is 2. The third kappa shape index (κ3) is 4.80. The lowest BCUT2D eigenvalue weighted by molar-refractivity contribution is -0.115. The lowest BCUT2D eigenvalue weighted by Crippen LogP contribution is -2.36. The molecule has 1 amide bonds. The standard InChI is InChI=1S/C21H24N2O5/c1-2-20(24)22-17-8-7-15(13-16(17)21(25)26)14-28-19-6-4-3-5-18(19)23-9-11-27-12-10-23/h3-8,13H,2,9-12,14H2,1H3,(H,22,24)(H,25,26). The molecule has 7 heteroatoms. The third-order valence-electron chi connectivity index (χ3n) is 4.52. The van der Waals surface area contributed by atoms with E-state index in [4.69, 9.17) is 9.47 Å². The first-order chi connectivity index (χ1) is 13.6. The molecule has 1 fully saturated rings. The maximum absolute atomic E-state index is 11.6. The summed E-state index contributed by atoms with van der Waals surface area (Å²) in [4.78, 5) is 25.4. The average molecular weight is 384 g/mol. The predicted octanol–water partition coefficient (Wildman–Crippen LogP) is 3.15. The molecule has 1 saturated heterocycles. The molecular weight excluding hydrogens is 360 g/mol. The van der Waals surface area contributed by atoms with Crippen molar-refractivity contribution < 1.29 is 24.2 Å². The number of nitrogens with zero attached hydrogens (tertiary/aromatic N) is 1. The maximum atomic E-state index is 11.6. The summed E-state index contributed by atoms with van der Waals surface area (Å²) in [7, 11) is 0. The van der Waals surface area contributed by atoms with E-state index in [1.807, 2.05) is 24.3 Å². The Labute approximate surface area is 163 Å². The number of amides is 1. The minimum atomic E-state index is -1.10. The zero-order valence-corrected chi connectivity index (χ0v) is 15.8. The Morgan fingerprint density at radius 2 is 1.93 bits per heavy atom. The van der Waals surface area contributed by atoms with Crippen molar-refractivity contribution in [2.75, 3.05) is 36.5 Å². The van der Waals surface area contributed by atoms with Gasteiger partial charge in [-0.25, -0.2) is 4.79 Å². The Morgan fingerprint density at radius 1 is 1.18 bits per heavy atom. The van der Waals surface area contributed by atoms with E-state index in [9.17, 15) is 14.7 Å². The van der Waals surface area contributed by atoms with Crippen molar-refractivity contribution in [3.8, 4) is 5.75 Å². The smallest absolute Gasteiger partial charge is 0.337 e. The van der Waals surface area contributed by atoms with Crippen molar-refractivity contribution in [2.45, 2.75) is 20.0 Å². The topological polar surface area (TPSA) is 88.1 Å². The Bertz CT molecular complexity index is 846. The number of carbonyl (C=O) groups excluding carboxylic acids is 1. The van der Waals surface area contributed by atoms with E-state index in [0.717, 1.165) is 24.5 Å². The number of benzene rings is 2. The van der Waals surface area contributed by atoms with Crippen LogP contribution in [0.3, 0.4) is 0 Å². The molecule has 0 atom stereocenters. The van der Waals surface area contributed by atoms with Crippen molar-refractivity contribution in [1.29, 1.82) is 0 Å². The summed E-state index contributed by atoms with van der Waals surface area (Å²) in [5, 5.41) is 12.1. The molecule has 2 N–H and O–H groups in total. The second kappa shape index (κ2) is 9.23. The van der Waals surface area contributed by atoms with Gasteiger partial charge in [0.05, 0.1) is 30.2 Å². The molecule has 148 valence electrons. The normalized spacial score (nSPS) is 13.8. The molecule has 2 aromatic rings. The van der Waals surface area contributed by atoms with Crippen LogP contribution < -0.4 is 15.0 Å². The predicted molar refractivity (Wildman–Crippen MR) is 106 cm³/mol. The highest BCUT2D eigenvalue weighted by Crippen LogP contribution is 2.29. The van der Waals surface area contributed by atoms with Gasteiger partial charge < -0.3 is 24.8 Å². The van der Waals surface area contributed by atoms with E-state index in [1.165, 1.54) is 6.07 Å². The van der Waals surface area contributed by atoms with Gasteiger partial charge in [0.25, 0.3) is 0 Å². The second-order valence-electron chi connectivity index (χ2n) is 6.44. The fourth-order valence-electron chi connectivity index (χ4n) is 3.01. The highest BCUT2D eigenvalue weighted by atomic mass is 16.5. The fraction of sp³-hybridized carbons (Fsp3) is 0.333. The van der Waals surface area contributed by atoms with Crippen LogP contribution in [0.25, 0.3) is 0 Å². The van der Waals surface area contributed by atoms with E-state index in [-0.39, 0.29) is 30.2 Å². The van der Waals surface area contributed by atoms with Crippen LogP contribution >= 0.6 is 0 Å². The number of carboxylic acids is 1. The number of rotatable bonds is 7. The van der Waals surface area contributed by atoms with Gasteiger partial charge in [0.15, 0.2) is 0 Å². The lowest BCUT2D eigenvalue weighted by atomic mass is 10.1. The summed E-state index contributed by atoms with van der Waals surface area (Å²) in [5.74, 6) is -0.586. The Kier molecular flexibility index (Phi) is 6.49. The average Bonchev–Trinajstić information content (AvgIpc) is 2.73. The number of aromatic carboxylic acids is 1. The number of nitrogens with one attached hydrogen (secondary N) is 1. The van der Waals surface area contributed by atoms with Gasteiger partial charge in [0.1, 0.15) is 12.4 Å². The molecule has 1 aliphatic heterocycles. The molecule has 0 saturated carbocycles. The summed E-state index contributed by atoms with van der Waals surface area (Å²) < 4.78 is 11.4. The molecule has 0 spiro atoms. The number of carboxylic acid groups (broad SMARTS) is 1. The maximum Gasteiger partial charge on any atom is 0.337 e. The first-order valence-corrected chi connectivity index (χ1v) is 9.29. The summed E-state index contributed by atoms with van der Waals surface area (Å²) in [6.45, 7) is 4.90. The van der Waals surface area contributed by atoms with E-state index >= 15 is 0 Å². The summed E-state index contributed by atoms with van der Waals surface area (Å²) in [6, 6.07) is 12.7. The van der Waals surface area contributed by atoms with Crippen molar-refractivity contribution >= 4 is 23.3 Å². The van der Waals surface area contributed by atoms with E-state index < -0.39 is 5.97 Å². The van der Waals surface area contributed by atoms with Gasteiger partial charge in [-0.2, -0.15) is 0 Å². The molecule has 2 aromatic carbocycles. The fourth-order valence-corrected chi connectivity index (χ4v) is 3.01. The molecule has 3 rings (SSSR count). The van der Waals surface area contributed by atoms with E-state index in [1.54, 1.807) is 19.1 Å². The van der Waals surface area contributed by atoms with Crippen LogP contribution in [0.1, 0.15) is 29.3 Å². The summed E-state index contributed by atoms with van der Waals surface area (Å²) in [6.07, 6.45) is 0.280. The van der Waals surface area contributed by atoms with Crippen molar-refractivity contribution in [1.82, 2.24) is 0 Å². The summed E-state index contributed by atoms with van der Waals surface area (Å²) >= 11 is 0. The number of morpholine rings is 1. The van der Waals surface area contributed by atoms with Gasteiger partial charge in [-0.3, -0.25) is 4.79 Å². The molecular formula is C21H24N2O5. The van der Waals surface area contributed by atoms with Crippen LogP contribution in [0.15, 0.2) is 42.5 Å². The second-order valence-corrected chi connectivity index (χ2v) is 6.44. The number of anilines is 2. The van der Waals surface area contributed by atoms with Crippen LogP contribution in [-0.2, 0) is 16.1 Å². The molecule has 7 nitrogen and oxygen atoms in total. The third-order valence-corrected chi connectivity index (χ3v) is 4.52. The van der Waals surface area contributed by atoms with Crippen LogP contribution in [0.5, 0.6) is 5.75 Å². The van der Waals surface area contributed by atoms with Crippen LogP contribution in [0.2, 0.25) is 0 Å². The largest absolute Gasteiger partial charge is 0.487 e. The van der Waals surface area contributed by atoms with Gasteiger partial charge in [-0.1, -0.05) is 25.1 Å². The SMILES string of the molecule is CCC(=O)Nc1ccc(COc2ccccc2N2CCOCC2)cc1C(=O)O. The minimum absolute atomic E-state index is 0.0457. The first kappa shape index (κ1) is 19.7. The van der Waals surface area contributed by atoms with Crippen LogP contribution in [-0.4, -0.2) is 43.3 Å². The van der Waals surface area contributed by atoms with Gasteiger partial charge >= 0.3 is 5.97 Å². The van der Waals surface area contributed by atoms with Crippen LogP contribution in [0, 0.1) is 0 Å². The molecule has 28 heavy (non-hydrogen) atoms. The zero-order chi connectivity index (χ0) is 19.9. The number of para-hydroxylation sites is 2. The molecule has 0 aliphatic carbocycles. The minimum Gasteiger partial charge on any atom is -0.487 e. The van der Waals surface area contributed by atoms with Crippen LogP contribution in [0.4, 0.5) is 11.4 Å². The van der Waals surface area contributed by atoms with Gasteiger partial charge in [0, 0.05) is 19.5 Å². The van der Waals surface area contributed by atoms with Crippen molar-refractivity contribution in [3.05, 3.63) is 53.6 Å². The zero-order valence-electron chi connectivity index (χ0n) is 15.8. The first-order valence-electron chi connectivity index (χ1n) is 9.29. The quantitative estimate of drug-likeness (QED) is 0.762. The van der Waals surface area contributed by atoms with E-state index in [2.05, 4.69) is 10.2 Å². The Hall–Kier alpha value is -3.06. The molecule has 1 aliphatic rings. The van der Waals surface area contributed by atoms with Crippen molar-refractivity contribution in [2.24, 2.45) is 0 Å². The molecule has 0 aromatic heterocycles. The molecule has 0 radical (unpaired) electrons. The Balaban J connectivity index is 1.75. The van der Waals surface area contributed by atoms with Gasteiger partial charge in [-0.05, 0) is 29.8 Å². The number of ether oxygens (including phenoxy) is 2. The van der Waals surface area contributed by atoms with Gasteiger partial charge in [0.2, 0.25) is 5.91 Å². The number of carbonyl (C=O) groups is 2. The summed E-state index contributed by atoms with van der Waals surface area (Å²) in [5.41, 5.74) is 2.04. The van der Waals surface area contributed by atoms with Gasteiger partial charge in [-0.15, -0.1) is 0 Å².